The largest absolute Gasteiger partial charge is 0.557 e. The summed E-state index contributed by atoms with van der Waals surface area (Å²) in [5.41, 5.74) is 0.813. The van der Waals surface area contributed by atoms with Gasteiger partial charge in [0.15, 0.2) is 0 Å². The normalized spacial score (nSPS) is 7.30. The number of phenols is 1. The maximum Gasteiger partial charge on any atom is 0 e. The first kappa shape index (κ1) is 13.8. The van der Waals surface area contributed by atoms with Gasteiger partial charge in [-0.2, -0.15) is 0 Å². The smallest absolute Gasteiger partial charge is 0 e. The third kappa shape index (κ3) is 4.18. The summed E-state index contributed by atoms with van der Waals surface area (Å²) in [4.78, 5) is 0. The molecule has 0 spiro atoms. The zero-order valence-electron chi connectivity index (χ0n) is 5.76. The molecular weight excluding hydrogens is 278 g/mol. The Balaban J connectivity index is 0. The van der Waals surface area contributed by atoms with Crippen molar-refractivity contribution in [1.29, 1.82) is 0 Å². The third-order valence-electron chi connectivity index (χ3n) is 0.966. The Morgan fingerprint density at radius 2 is 2.00 bits per heavy atom. The van der Waals surface area contributed by atoms with Crippen LogP contribution in [0.2, 0.25) is 0 Å². The molecule has 2 radical (unpaired) electrons. The van der Waals surface area contributed by atoms with E-state index in [2.05, 4.69) is 12.1 Å². The van der Waals surface area contributed by atoms with Gasteiger partial charge in [-0.05, 0) is 0 Å². The molecule has 48 valence electrons. The molecule has 0 saturated heterocycles. The molecule has 0 aliphatic rings. The first-order valence-corrected chi connectivity index (χ1v) is 2.38. The molecule has 1 rings (SSSR count). The fraction of sp³-hybridized carbons (Fsp3) is 0.143. The van der Waals surface area contributed by atoms with Crippen LogP contribution in [0.3, 0.4) is 0 Å². The number of aromatic hydroxyl groups is 1. The monoisotopic (exact) mass is 284 g/mol. The van der Waals surface area contributed by atoms with Crippen molar-refractivity contribution < 1.29 is 70.5 Å². The predicted molar refractivity (Wildman–Crippen MR) is 30.5 cm³/mol. The minimum atomic E-state index is 0. The minimum Gasteiger partial charge on any atom is -0.557 e. The Bertz CT molecular complexity index is 168. The molecule has 0 bridgehead atoms. The summed E-state index contributed by atoms with van der Waals surface area (Å²) in [6.45, 7) is 1.81. The topological polar surface area (TPSA) is 20.2 Å². The zero-order chi connectivity index (χ0) is 5.98. The molecule has 3 heteroatoms. The summed E-state index contributed by atoms with van der Waals surface area (Å²) >= 11 is 0. The number of rotatable bonds is 0. The fourth-order valence-corrected chi connectivity index (χ4v) is 0.459. The summed E-state index contributed by atoms with van der Waals surface area (Å²) in [5, 5.41) is 8.84. The number of benzene rings is 1. The van der Waals surface area contributed by atoms with Gasteiger partial charge >= 0.3 is 0 Å². The van der Waals surface area contributed by atoms with Crippen LogP contribution in [0.4, 0.5) is 0 Å². The van der Waals surface area contributed by atoms with Crippen LogP contribution in [0.25, 0.3) is 0 Å². The van der Waals surface area contributed by atoms with E-state index >= 15 is 0 Å². The van der Waals surface area contributed by atoms with Crippen molar-refractivity contribution in [2.45, 2.75) is 6.92 Å². The molecule has 1 nitrogen and oxygen atoms in total. The molecule has 1 aromatic carbocycles. The van der Waals surface area contributed by atoms with E-state index < -0.39 is 0 Å². The van der Waals surface area contributed by atoms with Gasteiger partial charge in [0.05, 0.1) is 0 Å². The van der Waals surface area contributed by atoms with Gasteiger partial charge in [0.25, 0.3) is 0 Å². The van der Waals surface area contributed by atoms with E-state index in [9.17, 15) is 0 Å². The van der Waals surface area contributed by atoms with Crippen LogP contribution in [-0.2, 0) is 65.4 Å². The van der Waals surface area contributed by atoms with Crippen LogP contribution in [0.5, 0.6) is 5.75 Å². The Morgan fingerprint density at radius 1 is 1.40 bits per heavy atom. The Hall–Kier alpha value is 1.23. The SMILES string of the molecule is Cc1c[c-]c[c-]c1O.[Y].[Y]. The molecular formula is C7H6OY2-2. The molecule has 1 N–H and O–H groups in total. The van der Waals surface area contributed by atoms with Crippen molar-refractivity contribution in [2.24, 2.45) is 0 Å². The first-order valence-electron chi connectivity index (χ1n) is 2.38. The molecule has 1 aromatic rings. The average Bonchev–Trinajstić information content (AvgIpc) is 1.77. The number of hydrogen-bond donors (Lipinski definition) is 1. The van der Waals surface area contributed by atoms with Gasteiger partial charge in [-0.3, -0.25) is 6.07 Å². The average molecular weight is 284 g/mol. The zero-order valence-corrected chi connectivity index (χ0v) is 11.4. The Labute approximate surface area is 111 Å². The van der Waals surface area contributed by atoms with Crippen LogP contribution in [0, 0.1) is 19.1 Å². The van der Waals surface area contributed by atoms with E-state index in [0.29, 0.717) is 0 Å². The van der Waals surface area contributed by atoms with Crippen molar-refractivity contribution >= 4 is 0 Å². The molecule has 0 aromatic heterocycles. The summed E-state index contributed by atoms with van der Waals surface area (Å²) in [6, 6.07) is 8.66. The summed E-state index contributed by atoms with van der Waals surface area (Å²) in [6.07, 6.45) is 0. The van der Waals surface area contributed by atoms with Gasteiger partial charge in [-0.1, -0.05) is 0 Å². The van der Waals surface area contributed by atoms with Crippen LogP contribution in [-0.4, -0.2) is 5.11 Å². The van der Waals surface area contributed by atoms with Crippen molar-refractivity contribution in [3.63, 3.8) is 0 Å². The second-order valence-corrected chi connectivity index (χ2v) is 1.63. The number of phenolic OH excluding ortho intramolecular Hbond substituents is 1. The van der Waals surface area contributed by atoms with E-state index in [1.165, 1.54) is 0 Å². The van der Waals surface area contributed by atoms with Gasteiger partial charge in [0, 0.05) is 65.4 Å². The second-order valence-electron chi connectivity index (χ2n) is 1.63. The maximum atomic E-state index is 8.84. The standard InChI is InChI=1S/C7H6O.2Y/c1-6-4-2-3-5-7(6)8;;/h3-4,8H,1H3;;/q-2;;. The number of aryl methyl sites for hydroxylation is 1. The fourth-order valence-electron chi connectivity index (χ4n) is 0.459. The van der Waals surface area contributed by atoms with E-state index in [0.717, 1.165) is 5.56 Å². The van der Waals surface area contributed by atoms with E-state index in [1.54, 1.807) is 12.1 Å². The quantitative estimate of drug-likeness (QED) is 0.712. The maximum absolute atomic E-state index is 8.84. The van der Waals surface area contributed by atoms with Crippen LogP contribution < -0.4 is 0 Å². The Kier molecular flexibility index (Phi) is 9.53. The van der Waals surface area contributed by atoms with E-state index in [1.807, 2.05) is 6.92 Å². The van der Waals surface area contributed by atoms with E-state index in [4.69, 9.17) is 5.11 Å². The molecule has 0 fully saturated rings. The van der Waals surface area contributed by atoms with Crippen LogP contribution >= 0.6 is 0 Å². The van der Waals surface area contributed by atoms with Crippen LogP contribution in [0.1, 0.15) is 5.56 Å². The third-order valence-corrected chi connectivity index (χ3v) is 0.966. The molecule has 0 aliphatic heterocycles. The van der Waals surface area contributed by atoms with Gasteiger partial charge in [0.1, 0.15) is 0 Å². The van der Waals surface area contributed by atoms with Crippen molar-refractivity contribution in [2.75, 3.05) is 0 Å². The molecule has 0 saturated carbocycles. The van der Waals surface area contributed by atoms with Crippen molar-refractivity contribution in [1.82, 2.24) is 0 Å². The molecule has 0 aliphatic carbocycles. The van der Waals surface area contributed by atoms with Gasteiger partial charge in [-0.15, -0.1) is 12.7 Å². The van der Waals surface area contributed by atoms with Gasteiger partial charge < -0.3 is 23.3 Å². The summed E-state index contributed by atoms with van der Waals surface area (Å²) in [5.74, 6) is 0.212. The van der Waals surface area contributed by atoms with Gasteiger partial charge in [-0.25, -0.2) is 5.56 Å². The van der Waals surface area contributed by atoms with Crippen molar-refractivity contribution in [3.05, 3.63) is 29.8 Å². The van der Waals surface area contributed by atoms with E-state index in [-0.39, 0.29) is 71.2 Å². The molecule has 0 unspecified atom stereocenters. The number of hydrogen-bond acceptors (Lipinski definition) is 1. The molecule has 0 amide bonds. The molecule has 0 atom stereocenters. The summed E-state index contributed by atoms with van der Waals surface area (Å²) in [7, 11) is 0. The summed E-state index contributed by atoms with van der Waals surface area (Å²) < 4.78 is 0. The van der Waals surface area contributed by atoms with Crippen LogP contribution in [0.15, 0.2) is 12.1 Å². The molecule has 0 heterocycles. The van der Waals surface area contributed by atoms with Crippen molar-refractivity contribution in [3.8, 4) is 5.75 Å². The van der Waals surface area contributed by atoms with Gasteiger partial charge in [0.2, 0.25) is 0 Å². The minimum absolute atomic E-state index is 0. The Morgan fingerprint density at radius 3 is 2.30 bits per heavy atom. The first-order chi connectivity index (χ1) is 3.80. The predicted octanol–water partition coefficient (Wildman–Crippen LogP) is 1.30. The second kappa shape index (κ2) is 6.91. The molecule has 10 heavy (non-hydrogen) atoms.